The minimum atomic E-state index is -0.591. The van der Waals surface area contributed by atoms with Crippen molar-refractivity contribution in [2.45, 2.75) is 27.4 Å². The van der Waals surface area contributed by atoms with Crippen molar-refractivity contribution >= 4 is 23.3 Å². The highest BCUT2D eigenvalue weighted by atomic mass is 35.5. The van der Waals surface area contributed by atoms with Crippen molar-refractivity contribution in [3.8, 4) is 17.2 Å². The van der Waals surface area contributed by atoms with E-state index in [1.807, 2.05) is 37.6 Å². The van der Waals surface area contributed by atoms with Gasteiger partial charge in [-0.05, 0) is 57.2 Å². The van der Waals surface area contributed by atoms with Crippen LogP contribution in [0.5, 0.6) is 11.5 Å². The summed E-state index contributed by atoms with van der Waals surface area (Å²) in [5.74, 6) is 12.6. The molecule has 4 N–H and O–H groups in total. The van der Waals surface area contributed by atoms with Crippen LogP contribution in [0.2, 0.25) is 5.02 Å². The Morgan fingerprint density at radius 1 is 1.12 bits per heavy atom. The summed E-state index contributed by atoms with van der Waals surface area (Å²) in [6.07, 6.45) is 0. The van der Waals surface area contributed by atoms with Gasteiger partial charge in [0.1, 0.15) is 18.1 Å². The molecular weight excluding hydrogens is 432 g/mol. The van der Waals surface area contributed by atoms with Crippen LogP contribution in [0.25, 0.3) is 5.69 Å². The molecule has 2 amide bonds. The standard InChI is InChI=1S/C22H27ClN6O3/c1-5-31-20-8-6-7-19(28(25)22(30)27(4)24)17(20)13-32-21-10-9-16(12-18(21)23)29-15(3)11-14(2)26-29/h6-12H,5,13,24-25H2,1-4H3. The Morgan fingerprint density at radius 2 is 1.88 bits per heavy atom. The van der Waals surface area contributed by atoms with Crippen LogP contribution in [0.4, 0.5) is 10.5 Å². The van der Waals surface area contributed by atoms with Gasteiger partial charge in [0.15, 0.2) is 0 Å². The quantitative estimate of drug-likeness (QED) is 0.317. The van der Waals surface area contributed by atoms with Crippen molar-refractivity contribution in [1.82, 2.24) is 14.8 Å². The van der Waals surface area contributed by atoms with Gasteiger partial charge in [0.05, 0.1) is 34.3 Å². The predicted molar refractivity (Wildman–Crippen MR) is 124 cm³/mol. The van der Waals surface area contributed by atoms with Crippen LogP contribution >= 0.6 is 11.6 Å². The summed E-state index contributed by atoms with van der Waals surface area (Å²) in [6, 6.07) is 12.0. The van der Waals surface area contributed by atoms with Gasteiger partial charge >= 0.3 is 6.03 Å². The van der Waals surface area contributed by atoms with E-state index in [9.17, 15) is 4.79 Å². The molecule has 170 valence electrons. The van der Waals surface area contributed by atoms with Crippen molar-refractivity contribution in [1.29, 1.82) is 0 Å². The van der Waals surface area contributed by atoms with E-state index in [0.717, 1.165) is 27.1 Å². The number of halogens is 1. The number of amides is 2. The Labute approximate surface area is 192 Å². The van der Waals surface area contributed by atoms with Gasteiger partial charge in [0.25, 0.3) is 0 Å². The molecule has 0 spiro atoms. The summed E-state index contributed by atoms with van der Waals surface area (Å²) in [4.78, 5) is 12.3. The number of hydrogen-bond donors (Lipinski definition) is 2. The second-order valence-corrected chi connectivity index (χ2v) is 7.60. The van der Waals surface area contributed by atoms with Crippen molar-refractivity contribution in [2.24, 2.45) is 11.7 Å². The first-order valence-electron chi connectivity index (χ1n) is 10.0. The molecule has 0 aliphatic rings. The van der Waals surface area contributed by atoms with Crippen LogP contribution in [0.3, 0.4) is 0 Å². The maximum atomic E-state index is 12.3. The van der Waals surface area contributed by atoms with Crippen molar-refractivity contribution in [3.63, 3.8) is 0 Å². The molecule has 0 aliphatic carbocycles. The number of rotatable bonds is 7. The number of aromatic nitrogens is 2. The highest BCUT2D eigenvalue weighted by molar-refractivity contribution is 6.32. The van der Waals surface area contributed by atoms with Gasteiger partial charge < -0.3 is 9.47 Å². The maximum Gasteiger partial charge on any atom is 0.352 e. The average Bonchev–Trinajstić information content (AvgIpc) is 3.10. The highest BCUT2D eigenvalue weighted by Gasteiger charge is 2.21. The Bertz CT molecular complexity index is 1120. The lowest BCUT2D eigenvalue weighted by atomic mass is 10.1. The van der Waals surface area contributed by atoms with Gasteiger partial charge in [-0.15, -0.1) is 0 Å². The summed E-state index contributed by atoms with van der Waals surface area (Å²) in [6.45, 7) is 6.28. The third-order valence-electron chi connectivity index (χ3n) is 4.72. The van der Waals surface area contributed by atoms with Crippen molar-refractivity contribution in [2.75, 3.05) is 18.7 Å². The molecular formula is C22H27ClN6O3. The maximum absolute atomic E-state index is 12.3. The zero-order valence-electron chi connectivity index (χ0n) is 18.5. The van der Waals surface area contributed by atoms with Gasteiger partial charge in [-0.2, -0.15) is 5.10 Å². The number of anilines is 1. The van der Waals surface area contributed by atoms with E-state index in [1.54, 1.807) is 30.3 Å². The molecule has 0 saturated carbocycles. The normalized spacial score (nSPS) is 10.7. The number of hydrogen-bond acceptors (Lipinski definition) is 6. The van der Waals surface area contributed by atoms with Crippen LogP contribution in [0, 0.1) is 13.8 Å². The Kier molecular flexibility index (Phi) is 7.24. The molecule has 3 aromatic rings. The predicted octanol–water partition coefficient (Wildman–Crippen LogP) is 3.73. The first-order chi connectivity index (χ1) is 15.2. The molecule has 32 heavy (non-hydrogen) atoms. The fourth-order valence-electron chi connectivity index (χ4n) is 3.27. The number of nitrogens with zero attached hydrogens (tertiary/aromatic N) is 4. The number of nitrogens with two attached hydrogens (primary N) is 2. The average molecular weight is 459 g/mol. The summed E-state index contributed by atoms with van der Waals surface area (Å²) < 4.78 is 13.5. The number of hydrazine groups is 2. The summed E-state index contributed by atoms with van der Waals surface area (Å²) in [7, 11) is 1.41. The lowest BCUT2D eigenvalue weighted by molar-refractivity contribution is 0.216. The fraction of sp³-hybridized carbons (Fsp3) is 0.273. The van der Waals surface area contributed by atoms with E-state index >= 15 is 0 Å². The summed E-state index contributed by atoms with van der Waals surface area (Å²) in [5, 5.41) is 6.75. The highest BCUT2D eigenvalue weighted by Crippen LogP contribution is 2.33. The molecule has 0 fully saturated rings. The zero-order valence-corrected chi connectivity index (χ0v) is 19.3. The van der Waals surface area contributed by atoms with E-state index in [0.29, 0.717) is 34.4 Å². The van der Waals surface area contributed by atoms with Gasteiger partial charge in [-0.25, -0.2) is 26.2 Å². The molecule has 1 heterocycles. The van der Waals surface area contributed by atoms with Gasteiger partial charge in [-0.1, -0.05) is 17.7 Å². The fourth-order valence-corrected chi connectivity index (χ4v) is 3.50. The molecule has 0 radical (unpaired) electrons. The lowest BCUT2D eigenvalue weighted by Crippen LogP contribution is -2.49. The number of benzene rings is 2. The Balaban J connectivity index is 1.89. The largest absolute Gasteiger partial charge is 0.493 e. The molecule has 0 unspecified atom stereocenters. The third-order valence-corrected chi connectivity index (χ3v) is 5.01. The molecule has 0 saturated heterocycles. The SMILES string of the molecule is CCOc1cccc(N(N)C(=O)N(C)N)c1COc1ccc(-n2nc(C)cc2C)cc1Cl. The smallest absolute Gasteiger partial charge is 0.352 e. The zero-order chi connectivity index (χ0) is 23.4. The van der Waals surface area contributed by atoms with Crippen LogP contribution in [0.1, 0.15) is 23.9 Å². The number of ether oxygens (including phenoxy) is 2. The third kappa shape index (κ3) is 4.96. The van der Waals surface area contributed by atoms with Crippen LogP contribution < -0.4 is 26.2 Å². The second kappa shape index (κ2) is 9.90. The van der Waals surface area contributed by atoms with E-state index in [2.05, 4.69) is 5.10 Å². The number of carbonyl (C=O) groups excluding carboxylic acids is 1. The molecule has 1 aromatic heterocycles. The number of aryl methyl sites for hydroxylation is 2. The van der Waals surface area contributed by atoms with Gasteiger partial charge in [-0.3, -0.25) is 5.01 Å². The van der Waals surface area contributed by atoms with E-state index in [1.165, 1.54) is 7.05 Å². The van der Waals surface area contributed by atoms with E-state index < -0.39 is 6.03 Å². The van der Waals surface area contributed by atoms with E-state index in [-0.39, 0.29) is 6.61 Å². The van der Waals surface area contributed by atoms with Gasteiger partial charge in [0.2, 0.25) is 0 Å². The van der Waals surface area contributed by atoms with Crippen molar-refractivity contribution in [3.05, 3.63) is 64.4 Å². The molecule has 9 nitrogen and oxygen atoms in total. The first kappa shape index (κ1) is 23.4. The monoisotopic (exact) mass is 458 g/mol. The molecule has 0 aliphatic heterocycles. The first-order valence-corrected chi connectivity index (χ1v) is 10.4. The lowest BCUT2D eigenvalue weighted by Gasteiger charge is -2.24. The van der Waals surface area contributed by atoms with Gasteiger partial charge in [0, 0.05) is 12.7 Å². The topological polar surface area (TPSA) is 112 Å². The minimum Gasteiger partial charge on any atom is -0.493 e. The van der Waals surface area contributed by atoms with Crippen LogP contribution in [0.15, 0.2) is 42.5 Å². The molecule has 10 heteroatoms. The Hall–Kier alpha value is -3.27. The molecule has 2 aromatic carbocycles. The second-order valence-electron chi connectivity index (χ2n) is 7.19. The molecule has 3 rings (SSSR count). The Morgan fingerprint density at radius 3 is 2.47 bits per heavy atom. The number of carbonyl (C=O) groups is 1. The van der Waals surface area contributed by atoms with Crippen LogP contribution in [-0.2, 0) is 6.61 Å². The minimum absolute atomic E-state index is 0.0692. The van der Waals surface area contributed by atoms with Crippen molar-refractivity contribution < 1.29 is 14.3 Å². The summed E-state index contributed by atoms with van der Waals surface area (Å²) in [5.41, 5.74) is 3.75. The summed E-state index contributed by atoms with van der Waals surface area (Å²) >= 11 is 6.49. The van der Waals surface area contributed by atoms with Crippen LogP contribution in [-0.4, -0.2) is 34.5 Å². The number of urea groups is 1. The van der Waals surface area contributed by atoms with E-state index in [4.69, 9.17) is 32.8 Å². The molecule has 0 bridgehead atoms. The molecule has 0 atom stereocenters.